The van der Waals surface area contributed by atoms with E-state index in [-0.39, 0.29) is 0 Å². The maximum Gasteiger partial charge on any atom is 0.182 e. The van der Waals surface area contributed by atoms with Gasteiger partial charge in [0.15, 0.2) is 5.82 Å². The second kappa shape index (κ2) is 7.20. The van der Waals surface area contributed by atoms with Gasteiger partial charge in [-0.1, -0.05) is 33.1 Å². The first-order valence-corrected chi connectivity index (χ1v) is 7.81. The van der Waals surface area contributed by atoms with Crippen molar-refractivity contribution in [2.45, 2.75) is 58.9 Å². The fourth-order valence-corrected chi connectivity index (χ4v) is 2.73. The fraction of sp³-hybridized carbons (Fsp3) is 0.562. The summed E-state index contributed by atoms with van der Waals surface area (Å²) in [5.41, 5.74) is 8.82. The molecule has 5 heteroatoms. The van der Waals surface area contributed by atoms with Gasteiger partial charge in [-0.25, -0.2) is 4.68 Å². The summed E-state index contributed by atoms with van der Waals surface area (Å²) < 4.78 is 1.98. The molecule has 0 spiro atoms. The number of tetrazole rings is 1. The van der Waals surface area contributed by atoms with E-state index in [2.05, 4.69) is 35.4 Å². The van der Waals surface area contributed by atoms with E-state index in [4.69, 9.17) is 5.73 Å². The number of nitrogens with two attached hydrogens (primary N) is 1. The molecule has 0 saturated carbocycles. The van der Waals surface area contributed by atoms with E-state index >= 15 is 0 Å². The van der Waals surface area contributed by atoms with Crippen molar-refractivity contribution in [3.05, 3.63) is 23.8 Å². The molecule has 1 aromatic heterocycles. The first-order chi connectivity index (χ1) is 10.2. The van der Waals surface area contributed by atoms with Crippen molar-refractivity contribution in [1.82, 2.24) is 20.2 Å². The van der Waals surface area contributed by atoms with Crippen LogP contribution in [0, 0.1) is 6.92 Å². The van der Waals surface area contributed by atoms with Crippen LogP contribution in [0.25, 0.3) is 11.4 Å². The highest BCUT2D eigenvalue weighted by Crippen LogP contribution is 2.27. The Morgan fingerprint density at radius 1 is 1.14 bits per heavy atom. The zero-order valence-corrected chi connectivity index (χ0v) is 13.2. The minimum atomic E-state index is 0.363. The SMILES string of the molecule is CCCCC(CCC)n1nnnc1-c1cc(C)cc(N)c1. The van der Waals surface area contributed by atoms with Crippen molar-refractivity contribution in [3.63, 3.8) is 0 Å². The topological polar surface area (TPSA) is 69.6 Å². The third-order valence-electron chi connectivity index (χ3n) is 3.71. The molecule has 5 nitrogen and oxygen atoms in total. The van der Waals surface area contributed by atoms with E-state index in [0.29, 0.717) is 6.04 Å². The van der Waals surface area contributed by atoms with Crippen molar-refractivity contribution in [2.24, 2.45) is 0 Å². The highest BCUT2D eigenvalue weighted by Gasteiger charge is 2.18. The highest BCUT2D eigenvalue weighted by molar-refractivity contribution is 5.62. The minimum Gasteiger partial charge on any atom is -0.399 e. The van der Waals surface area contributed by atoms with Gasteiger partial charge in [0.05, 0.1) is 6.04 Å². The molecule has 2 rings (SSSR count). The third kappa shape index (κ3) is 3.80. The Bertz CT molecular complexity index is 556. The standard InChI is InChI=1S/C16H25N5/c1-4-6-8-15(7-5-2)21-16(18-19-20-21)13-9-12(3)10-14(17)11-13/h9-11,15H,4-8,17H2,1-3H3. The van der Waals surface area contributed by atoms with Gasteiger partial charge in [-0.3, -0.25) is 0 Å². The van der Waals surface area contributed by atoms with Crippen LogP contribution in [0.2, 0.25) is 0 Å². The molecule has 0 bridgehead atoms. The van der Waals surface area contributed by atoms with Crippen LogP contribution in [-0.4, -0.2) is 20.2 Å². The summed E-state index contributed by atoms with van der Waals surface area (Å²) in [4.78, 5) is 0. The zero-order valence-electron chi connectivity index (χ0n) is 13.2. The fourth-order valence-electron chi connectivity index (χ4n) is 2.73. The molecule has 0 aliphatic carbocycles. The molecule has 21 heavy (non-hydrogen) atoms. The van der Waals surface area contributed by atoms with Crippen molar-refractivity contribution in [3.8, 4) is 11.4 Å². The highest BCUT2D eigenvalue weighted by atomic mass is 15.5. The number of aryl methyl sites for hydroxylation is 1. The number of anilines is 1. The number of unbranched alkanes of at least 4 members (excludes halogenated alkanes) is 1. The maximum absolute atomic E-state index is 5.95. The first-order valence-electron chi connectivity index (χ1n) is 7.81. The summed E-state index contributed by atoms with van der Waals surface area (Å²) in [5.74, 6) is 0.819. The second-order valence-electron chi connectivity index (χ2n) is 5.66. The van der Waals surface area contributed by atoms with Crippen LogP contribution in [0.5, 0.6) is 0 Å². The Morgan fingerprint density at radius 3 is 2.62 bits per heavy atom. The van der Waals surface area contributed by atoms with E-state index in [1.807, 2.05) is 23.7 Å². The van der Waals surface area contributed by atoms with Crippen LogP contribution < -0.4 is 5.73 Å². The number of benzene rings is 1. The molecular formula is C16H25N5. The molecule has 1 aromatic carbocycles. The lowest BCUT2D eigenvalue weighted by Crippen LogP contribution is -2.12. The van der Waals surface area contributed by atoms with Gasteiger partial charge in [0.2, 0.25) is 0 Å². The molecule has 0 fully saturated rings. The van der Waals surface area contributed by atoms with E-state index < -0.39 is 0 Å². The van der Waals surface area contributed by atoms with Gasteiger partial charge in [0.1, 0.15) is 0 Å². The molecule has 0 amide bonds. The number of nitrogen functional groups attached to an aromatic ring is 1. The van der Waals surface area contributed by atoms with Crippen molar-refractivity contribution in [1.29, 1.82) is 0 Å². The molecule has 1 atom stereocenters. The van der Waals surface area contributed by atoms with Crippen LogP contribution in [0.1, 0.15) is 57.6 Å². The normalized spacial score (nSPS) is 12.5. The number of nitrogens with zero attached hydrogens (tertiary/aromatic N) is 4. The van der Waals surface area contributed by atoms with Crippen LogP contribution in [-0.2, 0) is 0 Å². The number of rotatable bonds is 7. The number of hydrogen-bond acceptors (Lipinski definition) is 4. The smallest absolute Gasteiger partial charge is 0.182 e. The lowest BCUT2D eigenvalue weighted by atomic mass is 10.0. The predicted octanol–water partition coefficient (Wildman–Crippen LogP) is 3.76. The van der Waals surface area contributed by atoms with Gasteiger partial charge in [0.25, 0.3) is 0 Å². The number of hydrogen-bond donors (Lipinski definition) is 1. The lowest BCUT2D eigenvalue weighted by Gasteiger charge is -2.17. The maximum atomic E-state index is 5.95. The average molecular weight is 287 g/mol. The molecule has 114 valence electrons. The van der Waals surface area contributed by atoms with Gasteiger partial charge in [-0.05, 0) is 54.0 Å². The summed E-state index contributed by atoms with van der Waals surface area (Å²) in [6, 6.07) is 6.35. The monoisotopic (exact) mass is 287 g/mol. The van der Waals surface area contributed by atoms with Crippen LogP contribution >= 0.6 is 0 Å². The van der Waals surface area contributed by atoms with Crippen molar-refractivity contribution < 1.29 is 0 Å². The Labute approximate surface area is 126 Å². The van der Waals surface area contributed by atoms with E-state index in [9.17, 15) is 0 Å². The van der Waals surface area contributed by atoms with Crippen molar-refractivity contribution >= 4 is 5.69 Å². The predicted molar refractivity (Wildman–Crippen MR) is 85.9 cm³/mol. The summed E-state index contributed by atoms with van der Waals surface area (Å²) in [7, 11) is 0. The average Bonchev–Trinajstić information content (AvgIpc) is 2.91. The molecule has 0 aliphatic rings. The van der Waals surface area contributed by atoms with Crippen LogP contribution in [0.3, 0.4) is 0 Å². The molecule has 1 unspecified atom stereocenters. The third-order valence-corrected chi connectivity index (χ3v) is 3.71. The van der Waals surface area contributed by atoms with Crippen LogP contribution in [0.4, 0.5) is 5.69 Å². The van der Waals surface area contributed by atoms with E-state index in [0.717, 1.165) is 41.9 Å². The molecule has 0 saturated heterocycles. The minimum absolute atomic E-state index is 0.363. The zero-order chi connectivity index (χ0) is 15.2. The summed E-state index contributed by atoms with van der Waals surface area (Å²) in [6.07, 6.45) is 5.72. The Morgan fingerprint density at radius 2 is 1.95 bits per heavy atom. The van der Waals surface area contributed by atoms with Gasteiger partial charge < -0.3 is 5.73 Å². The summed E-state index contributed by atoms with van der Waals surface area (Å²) in [6.45, 7) is 6.45. The molecule has 2 aromatic rings. The van der Waals surface area contributed by atoms with Crippen molar-refractivity contribution in [2.75, 3.05) is 5.73 Å². The first kappa shape index (κ1) is 15.5. The molecule has 2 N–H and O–H groups in total. The van der Waals surface area contributed by atoms with Gasteiger partial charge in [-0.2, -0.15) is 0 Å². The molecule has 0 radical (unpaired) electrons. The summed E-state index contributed by atoms with van der Waals surface area (Å²) in [5, 5.41) is 12.4. The Hall–Kier alpha value is -1.91. The number of aromatic nitrogens is 4. The summed E-state index contributed by atoms with van der Waals surface area (Å²) >= 11 is 0. The van der Waals surface area contributed by atoms with Gasteiger partial charge >= 0.3 is 0 Å². The van der Waals surface area contributed by atoms with E-state index in [1.54, 1.807) is 0 Å². The molecular weight excluding hydrogens is 262 g/mol. The lowest BCUT2D eigenvalue weighted by molar-refractivity contribution is 0.380. The Balaban J connectivity index is 2.35. The van der Waals surface area contributed by atoms with E-state index in [1.165, 1.54) is 12.8 Å². The van der Waals surface area contributed by atoms with Crippen LogP contribution in [0.15, 0.2) is 18.2 Å². The molecule has 1 heterocycles. The van der Waals surface area contributed by atoms with Gasteiger partial charge in [-0.15, -0.1) is 5.10 Å². The van der Waals surface area contributed by atoms with Gasteiger partial charge in [0, 0.05) is 11.3 Å². The Kier molecular flexibility index (Phi) is 5.31. The quantitative estimate of drug-likeness (QED) is 0.787. The largest absolute Gasteiger partial charge is 0.399 e. The second-order valence-corrected chi connectivity index (χ2v) is 5.66. The molecule has 0 aliphatic heterocycles.